The largest absolute Gasteiger partial charge is 0.323 e. The molecular weight excluding hydrogens is 246 g/mol. The average molecular weight is 273 g/mol. The predicted octanol–water partition coefficient (Wildman–Crippen LogP) is 2.02. The number of aryl methyl sites for hydroxylation is 1. The van der Waals surface area contributed by atoms with Gasteiger partial charge in [0.2, 0.25) is 0 Å². The standard InChI is InChI=1S/C17H27N3/c1-14-2-6-16(7-3-14)17(18)13-20-10-8-19(9-11-20)12-15-4-5-15/h2-3,6-7,15,17H,4-5,8-13,18H2,1H3. The zero-order valence-electron chi connectivity index (χ0n) is 12.6. The molecule has 1 aromatic rings. The van der Waals surface area contributed by atoms with Gasteiger partial charge in [-0.25, -0.2) is 0 Å². The van der Waals surface area contributed by atoms with E-state index in [9.17, 15) is 0 Å². The maximum Gasteiger partial charge on any atom is 0.0424 e. The van der Waals surface area contributed by atoms with E-state index >= 15 is 0 Å². The highest BCUT2D eigenvalue weighted by atomic mass is 15.3. The molecule has 2 N–H and O–H groups in total. The van der Waals surface area contributed by atoms with Crippen molar-refractivity contribution in [1.82, 2.24) is 9.80 Å². The molecule has 2 aliphatic rings. The topological polar surface area (TPSA) is 32.5 Å². The Hall–Kier alpha value is -0.900. The maximum absolute atomic E-state index is 6.35. The van der Waals surface area contributed by atoms with Crippen LogP contribution >= 0.6 is 0 Å². The first-order valence-corrected chi connectivity index (χ1v) is 7.97. The number of nitrogens with zero attached hydrogens (tertiary/aromatic N) is 2. The summed E-state index contributed by atoms with van der Waals surface area (Å²) in [6.45, 7) is 9.22. The normalized spacial score (nSPS) is 22.9. The molecule has 1 atom stereocenters. The van der Waals surface area contributed by atoms with E-state index in [-0.39, 0.29) is 6.04 Å². The lowest BCUT2D eigenvalue weighted by molar-refractivity contribution is 0.123. The molecule has 1 heterocycles. The first-order valence-electron chi connectivity index (χ1n) is 7.97. The Morgan fingerprint density at radius 1 is 1.05 bits per heavy atom. The van der Waals surface area contributed by atoms with Crippen molar-refractivity contribution in [3.63, 3.8) is 0 Å². The van der Waals surface area contributed by atoms with Gasteiger partial charge in [-0.2, -0.15) is 0 Å². The van der Waals surface area contributed by atoms with E-state index in [0.29, 0.717) is 0 Å². The van der Waals surface area contributed by atoms with E-state index in [1.165, 1.54) is 56.7 Å². The van der Waals surface area contributed by atoms with Crippen LogP contribution in [0, 0.1) is 12.8 Å². The second-order valence-corrected chi connectivity index (χ2v) is 6.56. The summed E-state index contributed by atoms with van der Waals surface area (Å²) in [6.07, 6.45) is 2.91. The third kappa shape index (κ3) is 3.81. The van der Waals surface area contributed by atoms with E-state index in [0.717, 1.165) is 12.5 Å². The number of rotatable bonds is 5. The van der Waals surface area contributed by atoms with Crippen LogP contribution in [-0.4, -0.2) is 49.1 Å². The van der Waals surface area contributed by atoms with Crippen LogP contribution in [0.1, 0.15) is 30.0 Å². The highest BCUT2D eigenvalue weighted by Crippen LogP contribution is 2.30. The van der Waals surface area contributed by atoms with Crippen LogP contribution in [0.2, 0.25) is 0 Å². The van der Waals surface area contributed by atoms with Crippen LogP contribution in [0.4, 0.5) is 0 Å². The molecule has 1 aromatic carbocycles. The van der Waals surface area contributed by atoms with Gasteiger partial charge < -0.3 is 10.6 Å². The summed E-state index contributed by atoms with van der Waals surface area (Å²) >= 11 is 0. The molecule has 1 saturated carbocycles. The van der Waals surface area contributed by atoms with Crippen molar-refractivity contribution in [2.24, 2.45) is 11.7 Å². The summed E-state index contributed by atoms with van der Waals surface area (Å²) in [5, 5.41) is 0. The van der Waals surface area contributed by atoms with Crippen molar-refractivity contribution in [3.8, 4) is 0 Å². The van der Waals surface area contributed by atoms with Crippen LogP contribution < -0.4 is 5.73 Å². The Labute approximate surface area is 122 Å². The molecule has 0 aromatic heterocycles. The molecule has 20 heavy (non-hydrogen) atoms. The van der Waals surface area contributed by atoms with E-state index in [2.05, 4.69) is 41.0 Å². The second kappa shape index (κ2) is 6.25. The summed E-state index contributed by atoms with van der Waals surface area (Å²) in [4.78, 5) is 5.15. The van der Waals surface area contributed by atoms with Gasteiger partial charge in [-0.05, 0) is 31.2 Å². The molecule has 3 nitrogen and oxygen atoms in total. The van der Waals surface area contributed by atoms with Gasteiger partial charge in [-0.1, -0.05) is 29.8 Å². The van der Waals surface area contributed by atoms with Gasteiger partial charge in [0.05, 0.1) is 0 Å². The number of benzene rings is 1. The maximum atomic E-state index is 6.35. The van der Waals surface area contributed by atoms with Gasteiger partial charge in [0, 0.05) is 45.3 Å². The van der Waals surface area contributed by atoms with Crippen molar-refractivity contribution >= 4 is 0 Å². The van der Waals surface area contributed by atoms with Gasteiger partial charge in [-0.15, -0.1) is 0 Å². The first kappa shape index (κ1) is 14.1. The monoisotopic (exact) mass is 273 g/mol. The van der Waals surface area contributed by atoms with E-state index in [4.69, 9.17) is 5.73 Å². The molecule has 1 aliphatic heterocycles. The minimum atomic E-state index is 0.144. The van der Waals surface area contributed by atoms with Crippen molar-refractivity contribution in [2.75, 3.05) is 39.3 Å². The van der Waals surface area contributed by atoms with Crippen LogP contribution in [0.3, 0.4) is 0 Å². The second-order valence-electron chi connectivity index (χ2n) is 6.56. The predicted molar refractivity (Wildman–Crippen MR) is 83.7 cm³/mol. The molecule has 0 amide bonds. The fourth-order valence-corrected chi connectivity index (χ4v) is 3.02. The lowest BCUT2D eigenvalue weighted by atomic mass is 10.1. The van der Waals surface area contributed by atoms with E-state index in [1.54, 1.807) is 0 Å². The molecular formula is C17H27N3. The third-order valence-electron chi connectivity index (χ3n) is 4.64. The number of piperazine rings is 1. The molecule has 0 spiro atoms. The summed E-state index contributed by atoms with van der Waals surface area (Å²) in [7, 11) is 0. The summed E-state index contributed by atoms with van der Waals surface area (Å²) in [5.74, 6) is 1.01. The quantitative estimate of drug-likeness (QED) is 0.891. The molecule has 0 bridgehead atoms. The smallest absolute Gasteiger partial charge is 0.0424 e. The molecule has 3 rings (SSSR count). The minimum absolute atomic E-state index is 0.144. The highest BCUT2D eigenvalue weighted by molar-refractivity contribution is 5.24. The Balaban J connectivity index is 1.45. The lowest BCUT2D eigenvalue weighted by Crippen LogP contribution is -2.48. The summed E-state index contributed by atoms with van der Waals surface area (Å²) in [6, 6.07) is 8.80. The van der Waals surface area contributed by atoms with Crippen molar-refractivity contribution in [2.45, 2.75) is 25.8 Å². The number of nitrogens with two attached hydrogens (primary N) is 1. The molecule has 3 heteroatoms. The van der Waals surface area contributed by atoms with Crippen LogP contribution in [0.5, 0.6) is 0 Å². The van der Waals surface area contributed by atoms with Crippen molar-refractivity contribution in [3.05, 3.63) is 35.4 Å². The Bertz CT molecular complexity index is 416. The Morgan fingerprint density at radius 3 is 2.25 bits per heavy atom. The Morgan fingerprint density at radius 2 is 1.65 bits per heavy atom. The van der Waals surface area contributed by atoms with Crippen molar-refractivity contribution in [1.29, 1.82) is 0 Å². The number of hydrogen-bond donors (Lipinski definition) is 1. The molecule has 0 radical (unpaired) electrons. The highest BCUT2D eigenvalue weighted by Gasteiger charge is 2.26. The van der Waals surface area contributed by atoms with Gasteiger partial charge in [0.15, 0.2) is 0 Å². The zero-order valence-corrected chi connectivity index (χ0v) is 12.6. The van der Waals surface area contributed by atoms with E-state index in [1.807, 2.05) is 0 Å². The third-order valence-corrected chi connectivity index (χ3v) is 4.64. The lowest BCUT2D eigenvalue weighted by Gasteiger charge is -2.36. The van der Waals surface area contributed by atoms with Crippen LogP contribution in [0.25, 0.3) is 0 Å². The van der Waals surface area contributed by atoms with Gasteiger partial charge >= 0.3 is 0 Å². The fourth-order valence-electron chi connectivity index (χ4n) is 3.02. The fraction of sp³-hybridized carbons (Fsp3) is 0.647. The molecule has 2 fully saturated rings. The molecule has 1 saturated heterocycles. The SMILES string of the molecule is Cc1ccc(C(N)CN2CCN(CC3CC3)CC2)cc1. The summed E-state index contributed by atoms with van der Waals surface area (Å²) < 4.78 is 0. The van der Waals surface area contributed by atoms with Crippen LogP contribution in [0.15, 0.2) is 24.3 Å². The van der Waals surface area contributed by atoms with Gasteiger partial charge in [0.25, 0.3) is 0 Å². The molecule has 1 aliphatic carbocycles. The molecule has 1 unspecified atom stereocenters. The average Bonchev–Trinajstić information content (AvgIpc) is 3.26. The minimum Gasteiger partial charge on any atom is -0.323 e. The zero-order chi connectivity index (χ0) is 13.9. The van der Waals surface area contributed by atoms with Crippen molar-refractivity contribution < 1.29 is 0 Å². The molecule has 110 valence electrons. The van der Waals surface area contributed by atoms with E-state index < -0.39 is 0 Å². The van der Waals surface area contributed by atoms with Gasteiger partial charge in [0.1, 0.15) is 0 Å². The Kier molecular flexibility index (Phi) is 4.39. The van der Waals surface area contributed by atoms with Gasteiger partial charge in [-0.3, -0.25) is 4.90 Å². The summed E-state index contributed by atoms with van der Waals surface area (Å²) in [5.41, 5.74) is 8.91. The van der Waals surface area contributed by atoms with Crippen LogP contribution in [-0.2, 0) is 0 Å². The first-order chi connectivity index (χ1) is 9.70. The number of hydrogen-bond acceptors (Lipinski definition) is 3.